The zero-order valence-corrected chi connectivity index (χ0v) is 10.7. The van der Waals surface area contributed by atoms with E-state index in [1.807, 2.05) is 24.3 Å². The lowest BCUT2D eigenvalue weighted by Crippen LogP contribution is -2.27. The molecule has 2 aliphatic heterocycles. The van der Waals surface area contributed by atoms with E-state index in [0.29, 0.717) is 0 Å². The van der Waals surface area contributed by atoms with Crippen LogP contribution >= 0.6 is 0 Å². The molecule has 0 radical (unpaired) electrons. The topological polar surface area (TPSA) is 34.1 Å². The van der Waals surface area contributed by atoms with Crippen molar-refractivity contribution < 1.29 is 8.42 Å². The lowest BCUT2D eigenvalue weighted by Gasteiger charge is -2.19. The Morgan fingerprint density at radius 3 is 1.82 bits per heavy atom. The Morgan fingerprint density at radius 1 is 0.882 bits per heavy atom. The quantitative estimate of drug-likeness (QED) is 0.619. The Kier molecular flexibility index (Phi) is 2.74. The predicted molar refractivity (Wildman–Crippen MR) is 69.5 cm³/mol. The van der Waals surface area contributed by atoms with Crippen LogP contribution in [0.3, 0.4) is 0 Å². The smallest absolute Gasteiger partial charge is 0.163 e. The average Bonchev–Trinajstić information content (AvgIpc) is 2.51. The normalized spacial score (nSPS) is 35.1. The maximum atomic E-state index is 12.4. The Hall–Kier alpha value is -0.830. The Balaban J connectivity index is 2.06. The van der Waals surface area contributed by atoms with Crippen LogP contribution in [0.15, 0.2) is 35.5 Å². The van der Waals surface area contributed by atoms with Crippen LogP contribution in [-0.2, 0) is 9.84 Å². The first-order chi connectivity index (χ1) is 8.18. The van der Waals surface area contributed by atoms with Gasteiger partial charge in [-0.1, -0.05) is 35.5 Å². The Labute approximate surface area is 103 Å². The largest absolute Gasteiger partial charge is 0.228 e. The summed E-state index contributed by atoms with van der Waals surface area (Å²) >= 11 is 0. The maximum Gasteiger partial charge on any atom is 0.163 e. The van der Waals surface area contributed by atoms with Crippen LogP contribution in [0.4, 0.5) is 0 Å². The van der Waals surface area contributed by atoms with Gasteiger partial charge < -0.3 is 0 Å². The fraction of sp³-hybridized carbons (Fsp3) is 0.571. The molecule has 0 amide bonds. The van der Waals surface area contributed by atoms with Gasteiger partial charge in [0, 0.05) is 0 Å². The van der Waals surface area contributed by atoms with Crippen LogP contribution < -0.4 is 0 Å². The van der Waals surface area contributed by atoms with Crippen molar-refractivity contribution >= 4 is 9.84 Å². The third kappa shape index (κ3) is 1.90. The molecule has 2 heterocycles. The second-order valence-corrected chi connectivity index (χ2v) is 7.65. The molecule has 17 heavy (non-hydrogen) atoms. The van der Waals surface area contributed by atoms with E-state index in [1.54, 1.807) is 0 Å². The molecule has 0 aromatic rings. The van der Waals surface area contributed by atoms with E-state index < -0.39 is 9.84 Å². The van der Waals surface area contributed by atoms with Gasteiger partial charge in [0.25, 0.3) is 0 Å². The second kappa shape index (κ2) is 4.13. The second-order valence-electron chi connectivity index (χ2n) is 5.26. The van der Waals surface area contributed by atoms with E-state index in [1.165, 1.54) is 24.0 Å². The SMILES string of the molecule is O=S1(=O)[C@@H]2C=CC=C[C@H]1CC1=C(CCCC1)C2. The number of rotatable bonds is 0. The highest BCUT2D eigenvalue weighted by atomic mass is 32.2. The molecule has 0 fully saturated rings. The van der Waals surface area contributed by atoms with Gasteiger partial charge in [-0.3, -0.25) is 0 Å². The minimum Gasteiger partial charge on any atom is -0.228 e. The number of hydrogen-bond donors (Lipinski definition) is 0. The minimum absolute atomic E-state index is 0.284. The lowest BCUT2D eigenvalue weighted by atomic mass is 9.86. The van der Waals surface area contributed by atoms with Crippen molar-refractivity contribution in [3.05, 3.63) is 35.5 Å². The van der Waals surface area contributed by atoms with Crippen LogP contribution in [0.1, 0.15) is 38.5 Å². The van der Waals surface area contributed by atoms with Crippen molar-refractivity contribution in [2.24, 2.45) is 0 Å². The highest BCUT2D eigenvalue weighted by Crippen LogP contribution is 2.38. The van der Waals surface area contributed by atoms with Crippen LogP contribution in [0.2, 0.25) is 0 Å². The minimum atomic E-state index is -3.01. The summed E-state index contributed by atoms with van der Waals surface area (Å²) in [5.41, 5.74) is 2.87. The molecule has 3 rings (SSSR count). The summed E-state index contributed by atoms with van der Waals surface area (Å²) < 4.78 is 24.9. The van der Waals surface area contributed by atoms with Gasteiger partial charge in [0.1, 0.15) is 0 Å². The lowest BCUT2D eigenvalue weighted by molar-refractivity contribution is 0.581. The van der Waals surface area contributed by atoms with Crippen LogP contribution in [0.25, 0.3) is 0 Å². The van der Waals surface area contributed by atoms with E-state index >= 15 is 0 Å². The summed E-state index contributed by atoms with van der Waals surface area (Å²) in [6.45, 7) is 0. The van der Waals surface area contributed by atoms with E-state index in [4.69, 9.17) is 0 Å². The summed E-state index contributed by atoms with van der Waals surface area (Å²) in [4.78, 5) is 0. The summed E-state index contributed by atoms with van der Waals surface area (Å²) in [5.74, 6) is 0. The molecular weight excluding hydrogens is 232 g/mol. The summed E-state index contributed by atoms with van der Waals surface area (Å²) in [5, 5.41) is -0.568. The first-order valence-corrected chi connectivity index (χ1v) is 8.06. The fourth-order valence-corrected chi connectivity index (χ4v) is 5.13. The standard InChI is InChI=1S/C14H18O2S/c15-17(16)13-7-3-4-8-14(17)10-12-6-2-1-5-11(12)9-13/h3-4,7-8,13-14H,1-2,5-6,9-10H2/t13-,14+. The van der Waals surface area contributed by atoms with Gasteiger partial charge in [0.15, 0.2) is 9.84 Å². The predicted octanol–water partition coefficient (Wildman–Crippen LogP) is 2.93. The molecule has 0 saturated heterocycles. The number of sulfone groups is 1. The van der Waals surface area contributed by atoms with Gasteiger partial charge >= 0.3 is 0 Å². The Morgan fingerprint density at radius 2 is 1.35 bits per heavy atom. The molecule has 0 N–H and O–H groups in total. The molecule has 1 aliphatic carbocycles. The summed E-state index contributed by atoms with van der Waals surface area (Å²) in [7, 11) is -3.01. The van der Waals surface area contributed by atoms with E-state index in [0.717, 1.165) is 25.7 Å². The number of allylic oxidation sites excluding steroid dienone is 4. The molecule has 3 heteroatoms. The van der Waals surface area contributed by atoms with E-state index in [-0.39, 0.29) is 10.5 Å². The molecule has 0 aromatic carbocycles. The number of hydrogen-bond acceptors (Lipinski definition) is 2. The highest BCUT2D eigenvalue weighted by Gasteiger charge is 2.36. The molecule has 3 aliphatic rings. The van der Waals surface area contributed by atoms with Crippen molar-refractivity contribution in [3.8, 4) is 0 Å². The van der Waals surface area contributed by atoms with Crippen molar-refractivity contribution in [2.75, 3.05) is 0 Å². The van der Waals surface area contributed by atoms with Gasteiger partial charge in [-0.05, 0) is 38.5 Å². The third-order valence-corrected chi connectivity index (χ3v) is 6.54. The fourth-order valence-electron chi connectivity index (χ4n) is 3.20. The molecule has 0 unspecified atom stereocenters. The van der Waals surface area contributed by atoms with Gasteiger partial charge in [-0.15, -0.1) is 0 Å². The van der Waals surface area contributed by atoms with Crippen molar-refractivity contribution in [2.45, 2.75) is 49.0 Å². The molecular formula is C14H18O2S. The average molecular weight is 250 g/mol. The molecule has 92 valence electrons. The van der Waals surface area contributed by atoms with Gasteiger partial charge in [0.2, 0.25) is 0 Å². The van der Waals surface area contributed by atoms with Gasteiger partial charge in [-0.2, -0.15) is 0 Å². The van der Waals surface area contributed by atoms with Gasteiger partial charge in [-0.25, -0.2) is 8.42 Å². The third-order valence-electron chi connectivity index (χ3n) is 4.21. The van der Waals surface area contributed by atoms with Crippen molar-refractivity contribution in [1.29, 1.82) is 0 Å². The molecule has 0 aromatic heterocycles. The monoisotopic (exact) mass is 250 g/mol. The van der Waals surface area contributed by atoms with E-state index in [9.17, 15) is 8.42 Å². The molecule has 0 spiro atoms. The zero-order chi connectivity index (χ0) is 11.9. The highest BCUT2D eigenvalue weighted by molar-refractivity contribution is 7.93. The van der Waals surface area contributed by atoms with E-state index in [2.05, 4.69) is 0 Å². The number of fused-ring (bicyclic) bond motifs is 2. The molecule has 2 atom stereocenters. The van der Waals surface area contributed by atoms with Crippen LogP contribution in [0, 0.1) is 0 Å². The molecule has 2 nitrogen and oxygen atoms in total. The molecule has 2 bridgehead atoms. The first-order valence-electron chi connectivity index (χ1n) is 6.45. The summed E-state index contributed by atoms with van der Waals surface area (Å²) in [6.07, 6.45) is 13.7. The molecule has 0 saturated carbocycles. The van der Waals surface area contributed by atoms with Crippen LogP contribution in [0.5, 0.6) is 0 Å². The first kappa shape index (κ1) is 11.3. The van der Waals surface area contributed by atoms with Gasteiger partial charge in [0.05, 0.1) is 10.5 Å². The zero-order valence-electron chi connectivity index (χ0n) is 9.93. The summed E-state index contributed by atoms with van der Waals surface area (Å²) in [6, 6.07) is 0. The Bertz CT molecular complexity index is 468. The van der Waals surface area contributed by atoms with Crippen LogP contribution in [-0.4, -0.2) is 18.9 Å². The maximum absolute atomic E-state index is 12.4. The van der Waals surface area contributed by atoms with Crippen molar-refractivity contribution in [3.63, 3.8) is 0 Å². The van der Waals surface area contributed by atoms with Crippen molar-refractivity contribution in [1.82, 2.24) is 0 Å².